The number of hydrogen-bond acceptors (Lipinski definition) is 3. The van der Waals surface area contributed by atoms with E-state index in [1.807, 2.05) is 18.2 Å². The number of nitrogens with two attached hydrogens (primary N) is 1. The smallest absolute Gasteiger partial charge is 0.218 e. The third kappa shape index (κ3) is 2.36. The summed E-state index contributed by atoms with van der Waals surface area (Å²) in [6.45, 7) is 2.86. The van der Waals surface area contributed by atoms with Gasteiger partial charge in [0.1, 0.15) is 0 Å². The fraction of sp³-hybridized carbons (Fsp3) is 0.500. The first kappa shape index (κ1) is 12.5. The normalized spacial score (nSPS) is 18.7. The average Bonchev–Trinajstić information content (AvgIpc) is 2.37. The molecule has 17 heavy (non-hydrogen) atoms. The van der Waals surface area contributed by atoms with Crippen molar-refractivity contribution in [3.8, 4) is 0 Å². The van der Waals surface area contributed by atoms with Gasteiger partial charge in [0.25, 0.3) is 0 Å². The first-order valence-electron chi connectivity index (χ1n) is 5.81. The highest BCUT2D eigenvalue weighted by Crippen LogP contribution is 2.22. The topological polar surface area (TPSA) is 63.4 Å². The fourth-order valence-corrected chi connectivity index (χ4v) is 3.48. The van der Waals surface area contributed by atoms with Crippen LogP contribution in [-0.4, -0.2) is 31.1 Å². The van der Waals surface area contributed by atoms with Crippen LogP contribution in [0.15, 0.2) is 24.3 Å². The van der Waals surface area contributed by atoms with Gasteiger partial charge >= 0.3 is 0 Å². The van der Waals surface area contributed by atoms with Crippen LogP contribution >= 0.6 is 0 Å². The zero-order valence-electron chi connectivity index (χ0n) is 9.96. The highest BCUT2D eigenvalue weighted by Gasteiger charge is 2.30. The van der Waals surface area contributed by atoms with Gasteiger partial charge in [-0.1, -0.05) is 24.3 Å². The Balaban J connectivity index is 2.24. The second-order valence-corrected chi connectivity index (χ2v) is 6.79. The van der Waals surface area contributed by atoms with Crippen molar-refractivity contribution in [1.82, 2.24) is 4.31 Å². The maximum Gasteiger partial charge on any atom is 0.218 e. The molecule has 0 bridgehead atoms. The molecule has 1 atom stereocenters. The number of hydrogen-bond donors (Lipinski definition) is 1. The van der Waals surface area contributed by atoms with Crippen LogP contribution in [0, 0.1) is 0 Å². The number of rotatable bonds is 3. The van der Waals surface area contributed by atoms with Crippen LogP contribution in [0.3, 0.4) is 0 Å². The van der Waals surface area contributed by atoms with E-state index in [4.69, 9.17) is 5.73 Å². The van der Waals surface area contributed by atoms with E-state index in [0.29, 0.717) is 13.1 Å². The van der Waals surface area contributed by atoms with Gasteiger partial charge in [-0.25, -0.2) is 8.42 Å². The molecule has 0 aromatic heterocycles. The molecule has 2 rings (SSSR count). The molecule has 1 aliphatic heterocycles. The highest BCUT2D eigenvalue weighted by molar-refractivity contribution is 7.89. The second kappa shape index (κ2) is 4.76. The van der Waals surface area contributed by atoms with Crippen molar-refractivity contribution in [2.45, 2.75) is 25.1 Å². The lowest BCUT2D eigenvalue weighted by molar-refractivity contribution is 0.386. The van der Waals surface area contributed by atoms with E-state index >= 15 is 0 Å². The zero-order valence-corrected chi connectivity index (χ0v) is 10.8. The van der Waals surface area contributed by atoms with Crippen LogP contribution in [0.25, 0.3) is 0 Å². The average molecular weight is 254 g/mol. The lowest BCUT2D eigenvalue weighted by Crippen LogP contribution is -2.43. The van der Waals surface area contributed by atoms with E-state index < -0.39 is 15.3 Å². The molecule has 1 heterocycles. The number of benzene rings is 1. The third-order valence-corrected chi connectivity index (χ3v) is 5.54. The van der Waals surface area contributed by atoms with Crippen molar-refractivity contribution in [1.29, 1.82) is 0 Å². The molecule has 0 amide bonds. The molecular weight excluding hydrogens is 236 g/mol. The second-order valence-electron chi connectivity index (χ2n) is 4.44. The fourth-order valence-electron chi connectivity index (χ4n) is 2.06. The van der Waals surface area contributed by atoms with Gasteiger partial charge in [0.2, 0.25) is 10.0 Å². The zero-order chi connectivity index (χ0) is 12.5. The molecule has 1 aliphatic rings. The van der Waals surface area contributed by atoms with Crippen molar-refractivity contribution in [2.75, 3.05) is 13.1 Å². The number of nitrogens with zero attached hydrogens (tertiary/aromatic N) is 1. The van der Waals surface area contributed by atoms with Crippen LogP contribution in [0.2, 0.25) is 0 Å². The summed E-state index contributed by atoms with van der Waals surface area (Å²) in [5.41, 5.74) is 7.81. The minimum atomic E-state index is -3.25. The predicted octanol–water partition coefficient (Wildman–Crippen LogP) is 0.722. The Morgan fingerprint density at radius 3 is 2.65 bits per heavy atom. The van der Waals surface area contributed by atoms with Crippen LogP contribution in [0.4, 0.5) is 0 Å². The van der Waals surface area contributed by atoms with Crippen molar-refractivity contribution >= 4 is 10.0 Å². The van der Waals surface area contributed by atoms with Crippen LogP contribution < -0.4 is 5.73 Å². The number of fused-ring (bicyclic) bond motifs is 1. The van der Waals surface area contributed by atoms with E-state index in [9.17, 15) is 8.42 Å². The van der Waals surface area contributed by atoms with Gasteiger partial charge in [0.05, 0.1) is 5.25 Å². The largest absolute Gasteiger partial charge is 0.329 e. The van der Waals surface area contributed by atoms with E-state index in [1.54, 1.807) is 11.2 Å². The van der Waals surface area contributed by atoms with Crippen LogP contribution in [0.5, 0.6) is 0 Å². The number of sulfonamides is 1. The molecule has 5 heteroatoms. The Kier molecular flexibility index (Phi) is 3.51. The van der Waals surface area contributed by atoms with Gasteiger partial charge in [-0.2, -0.15) is 4.31 Å². The van der Waals surface area contributed by atoms with E-state index in [2.05, 4.69) is 6.07 Å². The third-order valence-electron chi connectivity index (χ3n) is 3.30. The molecule has 4 nitrogen and oxygen atoms in total. The quantitative estimate of drug-likeness (QED) is 0.864. The van der Waals surface area contributed by atoms with Crippen molar-refractivity contribution in [2.24, 2.45) is 5.73 Å². The summed E-state index contributed by atoms with van der Waals surface area (Å²) >= 11 is 0. The van der Waals surface area contributed by atoms with Crippen molar-refractivity contribution in [3.05, 3.63) is 35.4 Å². The van der Waals surface area contributed by atoms with Gasteiger partial charge < -0.3 is 5.73 Å². The van der Waals surface area contributed by atoms with Crippen molar-refractivity contribution in [3.63, 3.8) is 0 Å². The van der Waals surface area contributed by atoms with Gasteiger partial charge in [-0.05, 0) is 24.5 Å². The predicted molar refractivity (Wildman–Crippen MR) is 68.0 cm³/mol. The molecule has 1 aromatic rings. The van der Waals surface area contributed by atoms with Crippen LogP contribution in [0.1, 0.15) is 18.1 Å². The maximum absolute atomic E-state index is 12.2. The molecule has 0 aliphatic carbocycles. The lowest BCUT2D eigenvalue weighted by atomic mass is 10.0. The summed E-state index contributed by atoms with van der Waals surface area (Å²) < 4.78 is 25.9. The van der Waals surface area contributed by atoms with E-state index in [0.717, 1.165) is 12.0 Å². The summed E-state index contributed by atoms with van der Waals surface area (Å²) in [5, 5.41) is -0.507. The summed E-state index contributed by atoms with van der Waals surface area (Å²) in [7, 11) is -3.25. The molecule has 0 fully saturated rings. The molecule has 0 radical (unpaired) electrons. The lowest BCUT2D eigenvalue weighted by Gasteiger charge is -2.30. The molecule has 1 aromatic carbocycles. The monoisotopic (exact) mass is 254 g/mol. The van der Waals surface area contributed by atoms with Gasteiger partial charge in [-0.3, -0.25) is 0 Å². The molecule has 94 valence electrons. The van der Waals surface area contributed by atoms with Gasteiger partial charge in [0, 0.05) is 19.6 Å². The molecule has 1 unspecified atom stereocenters. The summed E-state index contributed by atoms with van der Waals surface area (Å²) in [4.78, 5) is 0. The molecular formula is C12H18N2O2S. The Hall–Kier alpha value is -0.910. The highest BCUT2D eigenvalue weighted by atomic mass is 32.2. The van der Waals surface area contributed by atoms with E-state index in [-0.39, 0.29) is 6.54 Å². The Morgan fingerprint density at radius 1 is 1.35 bits per heavy atom. The summed E-state index contributed by atoms with van der Waals surface area (Å²) in [5.74, 6) is 0. The summed E-state index contributed by atoms with van der Waals surface area (Å²) in [6.07, 6.45) is 0.784. The van der Waals surface area contributed by atoms with E-state index in [1.165, 1.54) is 5.56 Å². The Bertz CT molecular complexity index is 499. The molecule has 0 saturated heterocycles. The molecule has 0 saturated carbocycles. The minimum Gasteiger partial charge on any atom is -0.329 e. The Morgan fingerprint density at radius 2 is 2.00 bits per heavy atom. The van der Waals surface area contributed by atoms with Gasteiger partial charge in [-0.15, -0.1) is 0 Å². The first-order valence-corrected chi connectivity index (χ1v) is 7.32. The van der Waals surface area contributed by atoms with Gasteiger partial charge in [0.15, 0.2) is 0 Å². The summed E-state index contributed by atoms with van der Waals surface area (Å²) in [6, 6.07) is 7.99. The standard InChI is InChI=1S/C12H18N2O2S/c1-10(8-13)17(15,16)14-7-6-11-4-2-3-5-12(11)9-14/h2-5,10H,6-9,13H2,1H3. The minimum absolute atomic E-state index is 0.167. The molecule has 2 N–H and O–H groups in total. The maximum atomic E-state index is 12.2. The van der Waals surface area contributed by atoms with Crippen molar-refractivity contribution < 1.29 is 8.42 Å². The molecule has 0 spiro atoms. The first-order chi connectivity index (χ1) is 8.05. The SMILES string of the molecule is CC(CN)S(=O)(=O)N1CCc2ccccc2C1. The Labute approximate surface area is 102 Å². The van der Waals surface area contributed by atoms with Crippen LogP contribution in [-0.2, 0) is 23.0 Å².